The molecule has 0 nitrogen and oxygen atoms in total. The first kappa shape index (κ1) is 8.59. The van der Waals surface area contributed by atoms with Gasteiger partial charge in [0.1, 0.15) is 0 Å². The van der Waals surface area contributed by atoms with Crippen molar-refractivity contribution in [2.45, 2.75) is 52.4 Å². The largest absolute Gasteiger partial charge is 0.0622 e. The molecule has 0 heteroatoms. The standard InChI is InChI=1S/C12H22/c1-9-7-8-12(10(9)2)11-5-3-4-6-11/h9-12H,3-8H2,1-2H3. The fourth-order valence-electron chi connectivity index (χ4n) is 3.45. The van der Waals surface area contributed by atoms with E-state index in [1.165, 1.54) is 25.7 Å². The third-order valence-electron chi connectivity index (χ3n) is 4.53. The van der Waals surface area contributed by atoms with Gasteiger partial charge in [-0.15, -0.1) is 0 Å². The van der Waals surface area contributed by atoms with Gasteiger partial charge in [-0.05, 0) is 30.1 Å². The van der Waals surface area contributed by atoms with E-state index in [0.29, 0.717) is 0 Å². The van der Waals surface area contributed by atoms with Crippen molar-refractivity contribution in [3.8, 4) is 0 Å². The van der Waals surface area contributed by atoms with Crippen molar-refractivity contribution >= 4 is 0 Å². The maximum atomic E-state index is 2.49. The van der Waals surface area contributed by atoms with Crippen LogP contribution in [-0.4, -0.2) is 0 Å². The minimum Gasteiger partial charge on any atom is -0.0622 e. The van der Waals surface area contributed by atoms with E-state index in [4.69, 9.17) is 0 Å². The Kier molecular flexibility index (Phi) is 2.43. The Morgan fingerprint density at radius 1 is 0.833 bits per heavy atom. The second-order valence-corrected chi connectivity index (χ2v) is 5.12. The summed E-state index contributed by atoms with van der Waals surface area (Å²) in [5, 5.41) is 0. The summed E-state index contributed by atoms with van der Waals surface area (Å²) < 4.78 is 0. The maximum Gasteiger partial charge on any atom is -0.0357 e. The Bertz CT molecular complexity index is 144. The van der Waals surface area contributed by atoms with Gasteiger partial charge in [0.15, 0.2) is 0 Å². The fourth-order valence-corrected chi connectivity index (χ4v) is 3.45. The van der Waals surface area contributed by atoms with E-state index >= 15 is 0 Å². The van der Waals surface area contributed by atoms with E-state index in [2.05, 4.69) is 13.8 Å². The molecule has 0 amide bonds. The van der Waals surface area contributed by atoms with E-state index in [1.807, 2.05) is 0 Å². The third kappa shape index (κ3) is 1.41. The van der Waals surface area contributed by atoms with Gasteiger partial charge in [-0.25, -0.2) is 0 Å². The van der Waals surface area contributed by atoms with Crippen LogP contribution in [0.25, 0.3) is 0 Å². The van der Waals surface area contributed by atoms with Gasteiger partial charge >= 0.3 is 0 Å². The molecular weight excluding hydrogens is 144 g/mol. The summed E-state index contributed by atoms with van der Waals surface area (Å²) in [7, 11) is 0. The monoisotopic (exact) mass is 166 g/mol. The van der Waals surface area contributed by atoms with Crippen molar-refractivity contribution in [3.63, 3.8) is 0 Å². The Hall–Kier alpha value is 0. The lowest BCUT2D eigenvalue weighted by molar-refractivity contribution is 0.254. The average molecular weight is 166 g/mol. The Balaban J connectivity index is 1.95. The third-order valence-corrected chi connectivity index (χ3v) is 4.53. The van der Waals surface area contributed by atoms with Crippen LogP contribution < -0.4 is 0 Å². The molecule has 0 aromatic heterocycles. The molecule has 70 valence electrons. The molecule has 3 atom stereocenters. The zero-order valence-electron chi connectivity index (χ0n) is 8.55. The minimum atomic E-state index is 1.01. The topological polar surface area (TPSA) is 0 Å². The lowest BCUT2D eigenvalue weighted by Crippen LogP contribution is -2.16. The van der Waals surface area contributed by atoms with Crippen LogP contribution in [0.3, 0.4) is 0 Å². The predicted molar refractivity (Wildman–Crippen MR) is 53.0 cm³/mol. The normalized spacial score (nSPS) is 44.0. The number of hydrogen-bond donors (Lipinski definition) is 0. The molecule has 2 rings (SSSR count). The highest BCUT2D eigenvalue weighted by atomic mass is 14.4. The summed E-state index contributed by atoms with van der Waals surface area (Å²) >= 11 is 0. The van der Waals surface area contributed by atoms with Gasteiger partial charge < -0.3 is 0 Å². The molecule has 0 saturated heterocycles. The van der Waals surface area contributed by atoms with Crippen LogP contribution >= 0.6 is 0 Å². The van der Waals surface area contributed by atoms with Gasteiger partial charge in [0.25, 0.3) is 0 Å². The van der Waals surface area contributed by atoms with Gasteiger partial charge in [0, 0.05) is 0 Å². The summed E-state index contributed by atoms with van der Waals surface area (Å²) in [5.74, 6) is 4.25. The van der Waals surface area contributed by atoms with Crippen molar-refractivity contribution in [2.75, 3.05) is 0 Å². The van der Waals surface area contributed by atoms with E-state index in [9.17, 15) is 0 Å². The first-order chi connectivity index (χ1) is 5.79. The van der Waals surface area contributed by atoms with Crippen molar-refractivity contribution in [3.05, 3.63) is 0 Å². The molecule has 2 aliphatic carbocycles. The highest BCUT2D eigenvalue weighted by Crippen LogP contribution is 2.45. The smallest absolute Gasteiger partial charge is 0.0357 e. The number of rotatable bonds is 1. The van der Waals surface area contributed by atoms with Gasteiger partial charge in [-0.1, -0.05) is 46.0 Å². The van der Waals surface area contributed by atoms with Gasteiger partial charge in [-0.3, -0.25) is 0 Å². The van der Waals surface area contributed by atoms with Crippen molar-refractivity contribution in [1.82, 2.24) is 0 Å². The molecule has 0 spiro atoms. The van der Waals surface area contributed by atoms with Crippen LogP contribution in [0.2, 0.25) is 0 Å². The zero-order chi connectivity index (χ0) is 8.55. The summed E-state index contributed by atoms with van der Waals surface area (Å²) in [6, 6.07) is 0. The molecule has 2 saturated carbocycles. The van der Waals surface area contributed by atoms with Crippen LogP contribution in [0.5, 0.6) is 0 Å². The van der Waals surface area contributed by atoms with Crippen LogP contribution in [0.1, 0.15) is 52.4 Å². The van der Waals surface area contributed by atoms with Crippen LogP contribution in [0, 0.1) is 23.7 Å². The quantitative estimate of drug-likeness (QED) is 0.555. The molecule has 0 bridgehead atoms. The SMILES string of the molecule is CC1CCC(C2CCCC2)C1C. The second kappa shape index (κ2) is 3.40. The molecule has 0 radical (unpaired) electrons. The lowest BCUT2D eigenvalue weighted by Gasteiger charge is -2.24. The molecular formula is C12H22. The van der Waals surface area contributed by atoms with E-state index in [0.717, 1.165) is 23.7 Å². The summed E-state index contributed by atoms with van der Waals surface area (Å²) in [6.07, 6.45) is 9.16. The van der Waals surface area contributed by atoms with Crippen LogP contribution in [-0.2, 0) is 0 Å². The average Bonchev–Trinajstić information content (AvgIpc) is 2.64. The van der Waals surface area contributed by atoms with E-state index in [-0.39, 0.29) is 0 Å². The molecule has 0 aromatic carbocycles. The zero-order valence-corrected chi connectivity index (χ0v) is 8.55. The fraction of sp³-hybridized carbons (Fsp3) is 1.00. The van der Waals surface area contributed by atoms with Gasteiger partial charge in [-0.2, -0.15) is 0 Å². The van der Waals surface area contributed by atoms with Gasteiger partial charge in [0.05, 0.1) is 0 Å². The molecule has 3 unspecified atom stereocenters. The van der Waals surface area contributed by atoms with E-state index < -0.39 is 0 Å². The molecule has 0 N–H and O–H groups in total. The predicted octanol–water partition coefficient (Wildman–Crippen LogP) is 3.86. The highest BCUT2D eigenvalue weighted by molar-refractivity contribution is 4.86. The molecule has 12 heavy (non-hydrogen) atoms. The lowest BCUT2D eigenvalue weighted by atomic mass is 9.82. The molecule has 2 aliphatic rings. The Labute approximate surface area is 76.7 Å². The minimum absolute atomic E-state index is 1.01. The first-order valence-corrected chi connectivity index (χ1v) is 5.79. The Morgan fingerprint density at radius 2 is 1.50 bits per heavy atom. The van der Waals surface area contributed by atoms with Crippen LogP contribution in [0.15, 0.2) is 0 Å². The summed E-state index contributed by atoms with van der Waals surface area (Å²) in [5.41, 5.74) is 0. The second-order valence-electron chi connectivity index (χ2n) is 5.12. The van der Waals surface area contributed by atoms with Crippen molar-refractivity contribution in [1.29, 1.82) is 0 Å². The molecule has 0 heterocycles. The van der Waals surface area contributed by atoms with Crippen molar-refractivity contribution in [2.24, 2.45) is 23.7 Å². The summed E-state index contributed by atoms with van der Waals surface area (Å²) in [4.78, 5) is 0. The van der Waals surface area contributed by atoms with Crippen LogP contribution in [0.4, 0.5) is 0 Å². The Morgan fingerprint density at radius 3 is 2.00 bits per heavy atom. The first-order valence-electron chi connectivity index (χ1n) is 5.79. The highest BCUT2D eigenvalue weighted by Gasteiger charge is 2.35. The molecule has 0 aliphatic heterocycles. The molecule has 2 fully saturated rings. The molecule has 0 aromatic rings. The number of hydrogen-bond acceptors (Lipinski definition) is 0. The van der Waals surface area contributed by atoms with Crippen molar-refractivity contribution < 1.29 is 0 Å². The summed E-state index contributed by atoms with van der Waals surface area (Å²) in [6.45, 7) is 4.93. The van der Waals surface area contributed by atoms with E-state index in [1.54, 1.807) is 12.8 Å². The van der Waals surface area contributed by atoms with Gasteiger partial charge in [0.2, 0.25) is 0 Å². The maximum absolute atomic E-state index is 2.49.